The van der Waals surface area contributed by atoms with Crippen LogP contribution in [0.4, 0.5) is 11.4 Å². The van der Waals surface area contributed by atoms with Crippen LogP contribution in [0.25, 0.3) is 0 Å². The van der Waals surface area contributed by atoms with Crippen molar-refractivity contribution in [2.45, 2.75) is 18.9 Å². The number of hydrogen-bond acceptors (Lipinski definition) is 4. The first-order chi connectivity index (χ1) is 8.20. The van der Waals surface area contributed by atoms with Crippen molar-refractivity contribution < 1.29 is 14.3 Å². The van der Waals surface area contributed by atoms with Crippen LogP contribution >= 0.6 is 0 Å². The number of ether oxygens (including phenoxy) is 2. The zero-order valence-corrected chi connectivity index (χ0v) is 9.73. The van der Waals surface area contributed by atoms with Crippen LogP contribution in [0.2, 0.25) is 0 Å². The van der Waals surface area contributed by atoms with Crippen LogP contribution in [0, 0.1) is 0 Å². The number of carbonyl (C=O) groups is 1. The molecular formula is C12H16N2O3. The summed E-state index contributed by atoms with van der Waals surface area (Å²) < 4.78 is 10.4. The van der Waals surface area contributed by atoms with Crippen LogP contribution in [-0.4, -0.2) is 25.7 Å². The van der Waals surface area contributed by atoms with Crippen molar-refractivity contribution in [3.05, 3.63) is 18.2 Å². The van der Waals surface area contributed by atoms with Gasteiger partial charge in [0.25, 0.3) is 5.91 Å². The number of rotatable bonds is 3. The van der Waals surface area contributed by atoms with E-state index < -0.39 is 0 Å². The molecule has 5 nitrogen and oxygen atoms in total. The summed E-state index contributed by atoms with van der Waals surface area (Å²) in [5.74, 6) is 0.504. The van der Waals surface area contributed by atoms with E-state index in [4.69, 9.17) is 15.2 Å². The van der Waals surface area contributed by atoms with Crippen LogP contribution in [-0.2, 0) is 9.53 Å². The molecule has 1 aliphatic rings. The predicted octanol–water partition coefficient (Wildman–Crippen LogP) is 1.39. The van der Waals surface area contributed by atoms with Crippen LogP contribution in [0.1, 0.15) is 12.8 Å². The van der Waals surface area contributed by atoms with Crippen LogP contribution in [0.5, 0.6) is 5.75 Å². The van der Waals surface area contributed by atoms with Gasteiger partial charge in [-0.05, 0) is 25.0 Å². The minimum Gasteiger partial charge on any atom is -0.497 e. The second-order valence-electron chi connectivity index (χ2n) is 3.94. The fourth-order valence-corrected chi connectivity index (χ4v) is 1.77. The summed E-state index contributed by atoms with van der Waals surface area (Å²) in [7, 11) is 1.57. The summed E-state index contributed by atoms with van der Waals surface area (Å²) in [6, 6.07) is 5.14. The zero-order valence-electron chi connectivity index (χ0n) is 9.73. The molecule has 0 aromatic heterocycles. The van der Waals surface area contributed by atoms with Crippen LogP contribution < -0.4 is 15.8 Å². The fourth-order valence-electron chi connectivity index (χ4n) is 1.77. The van der Waals surface area contributed by atoms with E-state index in [1.54, 1.807) is 25.3 Å². The maximum atomic E-state index is 11.8. The number of anilines is 2. The molecule has 5 heteroatoms. The molecule has 0 radical (unpaired) electrons. The Balaban J connectivity index is 2.09. The van der Waals surface area contributed by atoms with Gasteiger partial charge in [-0.15, -0.1) is 0 Å². The summed E-state index contributed by atoms with van der Waals surface area (Å²) in [4.78, 5) is 11.8. The number of nitrogen functional groups attached to an aromatic ring is 1. The van der Waals surface area contributed by atoms with Crippen molar-refractivity contribution in [1.82, 2.24) is 0 Å². The van der Waals surface area contributed by atoms with Crippen molar-refractivity contribution >= 4 is 17.3 Å². The third kappa shape index (κ3) is 2.68. The lowest BCUT2D eigenvalue weighted by molar-refractivity contribution is -0.124. The number of carbonyl (C=O) groups excluding carboxylic acids is 1. The molecule has 1 aromatic carbocycles. The lowest BCUT2D eigenvalue weighted by Crippen LogP contribution is -2.27. The average molecular weight is 236 g/mol. The number of amides is 1. The molecule has 1 atom stereocenters. The van der Waals surface area contributed by atoms with E-state index in [2.05, 4.69) is 5.32 Å². The van der Waals surface area contributed by atoms with Crippen molar-refractivity contribution in [3.8, 4) is 5.75 Å². The first-order valence-electron chi connectivity index (χ1n) is 5.56. The van der Waals surface area contributed by atoms with Gasteiger partial charge in [-0.1, -0.05) is 0 Å². The van der Waals surface area contributed by atoms with Crippen LogP contribution in [0.3, 0.4) is 0 Å². The number of nitrogens with one attached hydrogen (secondary N) is 1. The molecule has 1 saturated heterocycles. The highest BCUT2D eigenvalue weighted by Gasteiger charge is 2.24. The Bertz CT molecular complexity index is 414. The average Bonchev–Trinajstić information content (AvgIpc) is 2.85. The number of benzene rings is 1. The molecular weight excluding hydrogens is 220 g/mol. The second kappa shape index (κ2) is 5.05. The molecule has 0 bridgehead atoms. The van der Waals surface area contributed by atoms with Gasteiger partial charge < -0.3 is 20.5 Å². The van der Waals surface area contributed by atoms with E-state index in [1.807, 2.05) is 0 Å². The largest absolute Gasteiger partial charge is 0.497 e. The first kappa shape index (κ1) is 11.7. The van der Waals surface area contributed by atoms with E-state index in [-0.39, 0.29) is 12.0 Å². The monoisotopic (exact) mass is 236 g/mol. The predicted molar refractivity (Wildman–Crippen MR) is 65.0 cm³/mol. The Hall–Kier alpha value is -1.75. The van der Waals surface area contributed by atoms with E-state index in [0.29, 0.717) is 23.7 Å². The maximum absolute atomic E-state index is 11.8. The molecule has 1 unspecified atom stereocenters. The molecule has 1 heterocycles. The van der Waals surface area contributed by atoms with Gasteiger partial charge >= 0.3 is 0 Å². The van der Waals surface area contributed by atoms with E-state index in [0.717, 1.165) is 12.8 Å². The Kier molecular flexibility index (Phi) is 3.49. The highest BCUT2D eigenvalue weighted by Crippen LogP contribution is 2.25. The molecule has 0 spiro atoms. The zero-order chi connectivity index (χ0) is 12.3. The minimum atomic E-state index is -0.361. The first-order valence-corrected chi connectivity index (χ1v) is 5.56. The Labute approximate surface area is 99.9 Å². The molecule has 1 aliphatic heterocycles. The Morgan fingerprint density at radius 3 is 3.06 bits per heavy atom. The highest BCUT2D eigenvalue weighted by atomic mass is 16.5. The Morgan fingerprint density at radius 1 is 1.59 bits per heavy atom. The number of nitrogens with two attached hydrogens (primary N) is 1. The molecule has 3 N–H and O–H groups in total. The summed E-state index contributed by atoms with van der Waals surface area (Å²) in [5.41, 5.74) is 6.85. The van der Waals surface area contributed by atoms with Crippen molar-refractivity contribution in [3.63, 3.8) is 0 Å². The van der Waals surface area contributed by atoms with Gasteiger partial charge in [-0.2, -0.15) is 0 Å². The van der Waals surface area contributed by atoms with E-state index in [1.165, 1.54) is 0 Å². The van der Waals surface area contributed by atoms with E-state index >= 15 is 0 Å². The normalized spacial score (nSPS) is 19.0. The molecule has 1 amide bonds. The fraction of sp³-hybridized carbons (Fsp3) is 0.417. The third-order valence-corrected chi connectivity index (χ3v) is 2.74. The van der Waals surface area contributed by atoms with Gasteiger partial charge in [0.1, 0.15) is 11.9 Å². The third-order valence-electron chi connectivity index (χ3n) is 2.74. The SMILES string of the molecule is COc1ccc(N)c(NC(=O)C2CCCO2)c1. The molecule has 1 fully saturated rings. The quantitative estimate of drug-likeness (QED) is 0.778. The summed E-state index contributed by atoms with van der Waals surface area (Å²) in [5, 5.41) is 2.76. The highest BCUT2D eigenvalue weighted by molar-refractivity contribution is 5.97. The molecule has 0 aliphatic carbocycles. The number of methoxy groups -OCH3 is 1. The summed E-state index contributed by atoms with van der Waals surface area (Å²) in [6.45, 7) is 0.645. The van der Waals surface area contributed by atoms with Crippen LogP contribution in [0.15, 0.2) is 18.2 Å². The van der Waals surface area contributed by atoms with E-state index in [9.17, 15) is 4.79 Å². The topological polar surface area (TPSA) is 73.6 Å². The van der Waals surface area contributed by atoms with Crippen molar-refractivity contribution in [1.29, 1.82) is 0 Å². The van der Waals surface area contributed by atoms with Gasteiger partial charge in [0.05, 0.1) is 18.5 Å². The molecule has 0 saturated carbocycles. The minimum absolute atomic E-state index is 0.151. The lowest BCUT2D eigenvalue weighted by Gasteiger charge is -2.13. The summed E-state index contributed by atoms with van der Waals surface area (Å²) >= 11 is 0. The number of hydrogen-bond donors (Lipinski definition) is 2. The second-order valence-corrected chi connectivity index (χ2v) is 3.94. The van der Waals surface area contributed by atoms with Gasteiger partial charge in [0.15, 0.2) is 0 Å². The van der Waals surface area contributed by atoms with Gasteiger partial charge in [-0.3, -0.25) is 4.79 Å². The Morgan fingerprint density at radius 2 is 2.41 bits per heavy atom. The van der Waals surface area contributed by atoms with Crippen molar-refractivity contribution in [2.75, 3.05) is 24.8 Å². The maximum Gasteiger partial charge on any atom is 0.253 e. The molecule has 17 heavy (non-hydrogen) atoms. The van der Waals surface area contributed by atoms with Gasteiger partial charge in [0, 0.05) is 12.7 Å². The lowest BCUT2D eigenvalue weighted by atomic mass is 10.2. The van der Waals surface area contributed by atoms with Gasteiger partial charge in [0.2, 0.25) is 0 Å². The van der Waals surface area contributed by atoms with Crippen molar-refractivity contribution in [2.24, 2.45) is 0 Å². The molecule has 1 aromatic rings. The molecule has 92 valence electrons. The van der Waals surface area contributed by atoms with Gasteiger partial charge in [-0.25, -0.2) is 0 Å². The smallest absolute Gasteiger partial charge is 0.253 e. The molecule has 2 rings (SSSR count). The summed E-state index contributed by atoms with van der Waals surface area (Å²) in [6.07, 6.45) is 1.32. The standard InChI is InChI=1S/C12H16N2O3/c1-16-8-4-5-9(13)10(7-8)14-12(15)11-3-2-6-17-11/h4-5,7,11H,2-3,6,13H2,1H3,(H,14,15).